The largest absolute Gasteiger partial charge is 0.380 e. The standard InChI is InChI=1S/C11H13F2NO/c1-15-6-7-4-10(13)8(5-9(7)12)11(14)2-3-11/h4-5H,2-3,6,14H2,1H3. The monoisotopic (exact) mass is 213 g/mol. The number of hydrogen-bond donors (Lipinski definition) is 1. The van der Waals surface area contributed by atoms with Crippen LogP contribution in [0.1, 0.15) is 24.0 Å². The third-order valence-electron chi connectivity index (χ3n) is 2.76. The lowest BCUT2D eigenvalue weighted by Crippen LogP contribution is -2.21. The van der Waals surface area contributed by atoms with Crippen molar-refractivity contribution in [1.29, 1.82) is 0 Å². The highest BCUT2D eigenvalue weighted by Crippen LogP contribution is 2.44. The first kappa shape index (κ1) is 10.5. The van der Waals surface area contributed by atoms with Crippen LogP contribution in [0.2, 0.25) is 0 Å². The van der Waals surface area contributed by atoms with Crippen molar-refractivity contribution >= 4 is 0 Å². The Morgan fingerprint density at radius 3 is 2.53 bits per heavy atom. The van der Waals surface area contributed by atoms with Crippen LogP contribution >= 0.6 is 0 Å². The zero-order chi connectivity index (χ0) is 11.1. The van der Waals surface area contributed by atoms with Crippen molar-refractivity contribution in [3.05, 3.63) is 34.9 Å². The Labute approximate surface area is 87.0 Å². The molecule has 1 aliphatic rings. The molecule has 1 saturated carbocycles. The van der Waals surface area contributed by atoms with Crippen LogP contribution in [0.3, 0.4) is 0 Å². The number of nitrogens with two attached hydrogens (primary N) is 1. The minimum atomic E-state index is -0.642. The Kier molecular flexibility index (Phi) is 2.48. The molecule has 1 aromatic rings. The van der Waals surface area contributed by atoms with Gasteiger partial charge in [-0.05, 0) is 25.0 Å². The van der Waals surface area contributed by atoms with Gasteiger partial charge < -0.3 is 10.5 Å². The number of ether oxygens (including phenoxy) is 1. The van der Waals surface area contributed by atoms with Crippen LogP contribution in [0.4, 0.5) is 8.78 Å². The maximum Gasteiger partial charge on any atom is 0.129 e. The second-order valence-corrected chi connectivity index (χ2v) is 4.01. The summed E-state index contributed by atoms with van der Waals surface area (Å²) in [7, 11) is 1.44. The van der Waals surface area contributed by atoms with Gasteiger partial charge in [0, 0.05) is 23.8 Å². The third kappa shape index (κ3) is 1.87. The van der Waals surface area contributed by atoms with Crippen molar-refractivity contribution in [3.63, 3.8) is 0 Å². The van der Waals surface area contributed by atoms with Gasteiger partial charge in [-0.25, -0.2) is 8.78 Å². The first-order valence-corrected chi connectivity index (χ1v) is 4.83. The summed E-state index contributed by atoms with van der Waals surface area (Å²) in [6.45, 7) is 0.0700. The molecule has 0 aliphatic heterocycles. The molecule has 4 heteroatoms. The Balaban J connectivity index is 2.39. The van der Waals surface area contributed by atoms with Crippen molar-refractivity contribution < 1.29 is 13.5 Å². The van der Waals surface area contributed by atoms with Gasteiger partial charge in [0.2, 0.25) is 0 Å². The summed E-state index contributed by atoms with van der Waals surface area (Å²) in [5, 5.41) is 0. The molecule has 82 valence electrons. The van der Waals surface area contributed by atoms with Crippen molar-refractivity contribution in [2.75, 3.05) is 7.11 Å². The fraction of sp³-hybridized carbons (Fsp3) is 0.455. The Morgan fingerprint density at radius 1 is 1.33 bits per heavy atom. The smallest absolute Gasteiger partial charge is 0.129 e. The highest BCUT2D eigenvalue weighted by atomic mass is 19.1. The van der Waals surface area contributed by atoms with E-state index >= 15 is 0 Å². The molecule has 0 saturated heterocycles. The highest BCUT2D eigenvalue weighted by molar-refractivity contribution is 5.34. The normalized spacial score (nSPS) is 17.9. The van der Waals surface area contributed by atoms with E-state index in [0.29, 0.717) is 12.8 Å². The molecule has 0 unspecified atom stereocenters. The fourth-order valence-corrected chi connectivity index (χ4v) is 1.64. The average molecular weight is 213 g/mol. The average Bonchev–Trinajstić information content (AvgIpc) is 2.91. The molecule has 0 bridgehead atoms. The van der Waals surface area contributed by atoms with Gasteiger partial charge in [0.1, 0.15) is 11.6 Å². The zero-order valence-corrected chi connectivity index (χ0v) is 8.52. The van der Waals surface area contributed by atoms with Crippen molar-refractivity contribution in [1.82, 2.24) is 0 Å². The first-order valence-electron chi connectivity index (χ1n) is 4.83. The van der Waals surface area contributed by atoms with Crippen molar-refractivity contribution in [2.24, 2.45) is 5.73 Å². The highest BCUT2D eigenvalue weighted by Gasteiger charge is 2.42. The second kappa shape index (κ2) is 3.54. The molecule has 1 fully saturated rings. The molecule has 2 rings (SSSR count). The number of hydrogen-bond acceptors (Lipinski definition) is 2. The molecule has 0 atom stereocenters. The predicted octanol–water partition coefficient (Wildman–Crippen LogP) is 2.06. The van der Waals surface area contributed by atoms with Crippen LogP contribution < -0.4 is 5.73 Å². The van der Waals surface area contributed by atoms with Gasteiger partial charge in [-0.2, -0.15) is 0 Å². The van der Waals surface area contributed by atoms with Crippen LogP contribution in [-0.4, -0.2) is 7.11 Å². The zero-order valence-electron chi connectivity index (χ0n) is 8.52. The maximum absolute atomic E-state index is 13.6. The summed E-state index contributed by atoms with van der Waals surface area (Å²) in [6, 6.07) is 2.36. The van der Waals surface area contributed by atoms with E-state index in [1.807, 2.05) is 0 Å². The Bertz CT molecular complexity index is 388. The molecular weight excluding hydrogens is 200 g/mol. The lowest BCUT2D eigenvalue weighted by molar-refractivity contribution is 0.181. The van der Waals surface area contributed by atoms with E-state index in [4.69, 9.17) is 10.5 Å². The minimum absolute atomic E-state index is 0.0700. The van der Waals surface area contributed by atoms with E-state index < -0.39 is 17.2 Å². The topological polar surface area (TPSA) is 35.2 Å². The van der Waals surface area contributed by atoms with Gasteiger partial charge >= 0.3 is 0 Å². The number of halogens is 2. The molecular formula is C11H13F2NO. The number of methoxy groups -OCH3 is 1. The van der Waals surface area contributed by atoms with Gasteiger partial charge in [-0.15, -0.1) is 0 Å². The first-order chi connectivity index (χ1) is 7.07. The molecule has 1 aliphatic carbocycles. The third-order valence-corrected chi connectivity index (χ3v) is 2.76. The van der Waals surface area contributed by atoms with E-state index in [9.17, 15) is 8.78 Å². The predicted molar refractivity (Wildman–Crippen MR) is 52.2 cm³/mol. The lowest BCUT2D eigenvalue weighted by atomic mass is 10.0. The summed E-state index contributed by atoms with van der Waals surface area (Å²) in [5.74, 6) is -0.895. The molecule has 1 aromatic carbocycles. The fourth-order valence-electron chi connectivity index (χ4n) is 1.64. The number of benzene rings is 1. The second-order valence-electron chi connectivity index (χ2n) is 4.01. The van der Waals surface area contributed by atoms with Crippen LogP contribution in [0.25, 0.3) is 0 Å². The molecule has 0 spiro atoms. The van der Waals surface area contributed by atoms with Crippen molar-refractivity contribution in [3.8, 4) is 0 Å². The van der Waals surface area contributed by atoms with E-state index in [-0.39, 0.29) is 17.7 Å². The summed E-state index contributed by atoms with van der Waals surface area (Å²) in [4.78, 5) is 0. The van der Waals surface area contributed by atoms with Gasteiger partial charge in [0.25, 0.3) is 0 Å². The van der Waals surface area contributed by atoms with Crippen LogP contribution in [-0.2, 0) is 16.9 Å². The molecule has 2 N–H and O–H groups in total. The van der Waals surface area contributed by atoms with E-state index in [0.717, 1.165) is 0 Å². The van der Waals surface area contributed by atoms with E-state index in [2.05, 4.69) is 0 Å². The Morgan fingerprint density at radius 2 is 2.00 bits per heavy atom. The van der Waals surface area contributed by atoms with E-state index in [1.165, 1.54) is 19.2 Å². The lowest BCUT2D eigenvalue weighted by Gasteiger charge is -2.12. The number of rotatable bonds is 3. The van der Waals surface area contributed by atoms with Gasteiger partial charge in [0.05, 0.1) is 6.61 Å². The summed E-state index contributed by atoms with van der Waals surface area (Å²) in [6.07, 6.45) is 1.43. The maximum atomic E-state index is 13.6. The Hall–Kier alpha value is -1.00. The molecule has 0 heterocycles. The van der Waals surface area contributed by atoms with Crippen molar-refractivity contribution in [2.45, 2.75) is 25.0 Å². The summed E-state index contributed by atoms with van der Waals surface area (Å²) in [5.41, 5.74) is 5.68. The van der Waals surface area contributed by atoms with Gasteiger partial charge in [-0.1, -0.05) is 0 Å². The summed E-state index contributed by atoms with van der Waals surface area (Å²) >= 11 is 0. The van der Waals surface area contributed by atoms with Crippen LogP contribution in [0.15, 0.2) is 12.1 Å². The molecule has 2 nitrogen and oxygen atoms in total. The quantitative estimate of drug-likeness (QED) is 0.834. The molecule has 15 heavy (non-hydrogen) atoms. The van der Waals surface area contributed by atoms with Crippen LogP contribution in [0.5, 0.6) is 0 Å². The molecule has 0 amide bonds. The molecule has 0 radical (unpaired) electrons. The molecule has 0 aromatic heterocycles. The SMILES string of the molecule is COCc1cc(F)c(C2(N)CC2)cc1F. The van der Waals surface area contributed by atoms with Gasteiger partial charge in [0.15, 0.2) is 0 Å². The van der Waals surface area contributed by atoms with Crippen LogP contribution in [0, 0.1) is 11.6 Å². The van der Waals surface area contributed by atoms with E-state index in [1.54, 1.807) is 0 Å². The minimum Gasteiger partial charge on any atom is -0.380 e. The van der Waals surface area contributed by atoms with Gasteiger partial charge in [-0.3, -0.25) is 0 Å². The summed E-state index contributed by atoms with van der Waals surface area (Å²) < 4.78 is 31.8.